The number of carbonyl (C=O) groups excluding carboxylic acids is 1. The predicted molar refractivity (Wildman–Crippen MR) is 50.3 cm³/mol. The lowest BCUT2D eigenvalue weighted by Gasteiger charge is -2.04. The number of rotatable bonds is 2. The minimum atomic E-state index is -0.166. The highest BCUT2D eigenvalue weighted by Gasteiger charge is 2.05. The monoisotopic (exact) mass is 181 g/mol. The van der Waals surface area contributed by atoms with Gasteiger partial charge in [0.05, 0.1) is 0 Å². The molecule has 1 unspecified atom stereocenters. The van der Waals surface area contributed by atoms with E-state index in [9.17, 15) is 4.79 Å². The highest BCUT2D eigenvalue weighted by Crippen LogP contribution is 2.20. The van der Waals surface area contributed by atoms with Gasteiger partial charge in [-0.25, -0.2) is 0 Å². The Kier molecular flexibility index (Phi) is 2.88. The molecule has 0 N–H and O–H groups in total. The fourth-order valence-corrected chi connectivity index (χ4v) is 1.12. The third-order valence-corrected chi connectivity index (χ3v) is 2.28. The maximum absolute atomic E-state index is 10.3. The maximum atomic E-state index is 10.3. The number of benzene rings is 1. The van der Waals surface area contributed by atoms with E-state index in [0.29, 0.717) is 0 Å². The molecular formula is C10H10ClO. The third-order valence-electron chi connectivity index (χ3n) is 1.86. The molecule has 2 heteroatoms. The van der Waals surface area contributed by atoms with Crippen molar-refractivity contribution in [2.45, 2.75) is 19.8 Å². The van der Waals surface area contributed by atoms with Crippen molar-refractivity contribution in [1.82, 2.24) is 0 Å². The van der Waals surface area contributed by atoms with Crippen molar-refractivity contribution in [1.29, 1.82) is 0 Å². The van der Waals surface area contributed by atoms with Gasteiger partial charge in [0.25, 0.3) is 0 Å². The fourth-order valence-electron chi connectivity index (χ4n) is 1.01. The Balaban J connectivity index is 3.04. The smallest absolute Gasteiger partial charge is 0.206 e. The molecule has 1 atom stereocenters. The molecule has 1 rings (SSSR count). The fraction of sp³-hybridized carbons (Fsp3) is 0.300. The Morgan fingerprint density at radius 2 is 2.17 bits per heavy atom. The Morgan fingerprint density at radius 1 is 1.50 bits per heavy atom. The normalized spacial score (nSPS) is 12.6. The lowest BCUT2D eigenvalue weighted by Crippen LogP contribution is -1.94. The van der Waals surface area contributed by atoms with Gasteiger partial charge >= 0.3 is 0 Å². The lowest BCUT2D eigenvalue weighted by molar-refractivity contribution is 0.546. The molecule has 1 aromatic rings. The van der Waals surface area contributed by atoms with E-state index in [1.165, 1.54) is 0 Å². The van der Waals surface area contributed by atoms with Gasteiger partial charge in [0.1, 0.15) is 0 Å². The standard InChI is InChI=1S/C10H10ClO/c1-7-5-9(8(2)6-12)3-4-10(7)11/h3-5,8H,1-2H3. The summed E-state index contributed by atoms with van der Waals surface area (Å²) in [4.78, 5) is 10.3. The van der Waals surface area contributed by atoms with Crippen molar-refractivity contribution in [3.8, 4) is 0 Å². The van der Waals surface area contributed by atoms with Crippen LogP contribution in [-0.2, 0) is 4.79 Å². The molecule has 0 heterocycles. The van der Waals surface area contributed by atoms with Crippen molar-refractivity contribution in [2.24, 2.45) is 0 Å². The zero-order chi connectivity index (χ0) is 9.14. The first-order valence-corrected chi connectivity index (χ1v) is 4.16. The van der Waals surface area contributed by atoms with Crippen molar-refractivity contribution in [2.75, 3.05) is 0 Å². The molecule has 0 aliphatic heterocycles. The number of hydrogen-bond donors (Lipinski definition) is 0. The molecule has 0 saturated carbocycles. The van der Waals surface area contributed by atoms with Crippen LogP contribution in [0.4, 0.5) is 0 Å². The maximum Gasteiger partial charge on any atom is 0.206 e. The van der Waals surface area contributed by atoms with Gasteiger partial charge in [-0.15, -0.1) is 0 Å². The van der Waals surface area contributed by atoms with E-state index in [-0.39, 0.29) is 5.92 Å². The summed E-state index contributed by atoms with van der Waals surface area (Å²) in [5.74, 6) is -0.166. The van der Waals surface area contributed by atoms with Crippen LogP contribution in [0, 0.1) is 6.92 Å². The summed E-state index contributed by atoms with van der Waals surface area (Å²) in [6, 6.07) is 5.57. The van der Waals surface area contributed by atoms with E-state index in [2.05, 4.69) is 0 Å². The van der Waals surface area contributed by atoms with Gasteiger partial charge in [0.2, 0.25) is 6.29 Å². The molecule has 0 aliphatic carbocycles. The molecule has 12 heavy (non-hydrogen) atoms. The summed E-state index contributed by atoms with van der Waals surface area (Å²) in [5, 5.41) is 0.733. The molecule has 0 aromatic heterocycles. The van der Waals surface area contributed by atoms with Crippen LogP contribution < -0.4 is 0 Å². The van der Waals surface area contributed by atoms with Gasteiger partial charge in [0, 0.05) is 10.9 Å². The summed E-state index contributed by atoms with van der Waals surface area (Å²) in [5.41, 5.74) is 1.96. The minimum absolute atomic E-state index is 0.166. The molecule has 0 saturated heterocycles. The second-order valence-corrected chi connectivity index (χ2v) is 3.26. The Bertz CT molecular complexity index is 294. The van der Waals surface area contributed by atoms with Crippen LogP contribution in [0.2, 0.25) is 5.02 Å². The Morgan fingerprint density at radius 3 is 2.67 bits per heavy atom. The molecule has 1 nitrogen and oxygen atoms in total. The number of halogens is 1. The van der Waals surface area contributed by atoms with Gasteiger partial charge in [-0.1, -0.05) is 30.7 Å². The molecule has 1 aromatic carbocycles. The molecule has 63 valence electrons. The predicted octanol–water partition coefficient (Wildman–Crippen LogP) is 2.86. The average Bonchev–Trinajstić information content (AvgIpc) is 2.08. The van der Waals surface area contributed by atoms with Gasteiger partial charge in [-0.2, -0.15) is 0 Å². The van der Waals surface area contributed by atoms with Crippen LogP contribution in [0.3, 0.4) is 0 Å². The highest BCUT2D eigenvalue weighted by atomic mass is 35.5. The summed E-state index contributed by atoms with van der Waals surface area (Å²) >= 11 is 5.83. The third kappa shape index (κ3) is 1.86. The molecule has 0 fully saturated rings. The van der Waals surface area contributed by atoms with E-state index in [1.807, 2.05) is 32.3 Å². The van der Waals surface area contributed by atoms with Gasteiger partial charge in [0.15, 0.2) is 0 Å². The topological polar surface area (TPSA) is 17.1 Å². The van der Waals surface area contributed by atoms with Crippen LogP contribution >= 0.6 is 11.6 Å². The summed E-state index contributed by atoms with van der Waals surface area (Å²) < 4.78 is 0. The van der Waals surface area contributed by atoms with Gasteiger partial charge in [-0.3, -0.25) is 4.79 Å². The summed E-state index contributed by atoms with van der Waals surface area (Å²) in [6.07, 6.45) is 1.93. The zero-order valence-corrected chi connectivity index (χ0v) is 7.85. The van der Waals surface area contributed by atoms with E-state index in [4.69, 9.17) is 11.6 Å². The van der Waals surface area contributed by atoms with Crippen LogP contribution in [0.1, 0.15) is 24.0 Å². The van der Waals surface area contributed by atoms with Crippen molar-refractivity contribution in [3.05, 3.63) is 34.3 Å². The van der Waals surface area contributed by atoms with Crippen molar-refractivity contribution < 1.29 is 4.79 Å². The Hall–Kier alpha value is -0.820. The number of aryl methyl sites for hydroxylation is 1. The average molecular weight is 182 g/mol. The second kappa shape index (κ2) is 3.72. The summed E-state index contributed by atoms with van der Waals surface area (Å²) in [7, 11) is 0. The van der Waals surface area contributed by atoms with Gasteiger partial charge < -0.3 is 0 Å². The van der Waals surface area contributed by atoms with Crippen LogP contribution in [-0.4, -0.2) is 6.29 Å². The molecular weight excluding hydrogens is 172 g/mol. The summed E-state index contributed by atoms with van der Waals surface area (Å²) in [6.45, 7) is 3.74. The minimum Gasteiger partial charge on any atom is -0.290 e. The van der Waals surface area contributed by atoms with E-state index < -0.39 is 0 Å². The van der Waals surface area contributed by atoms with E-state index in [1.54, 1.807) is 6.07 Å². The quantitative estimate of drug-likeness (QED) is 0.686. The van der Waals surface area contributed by atoms with Crippen molar-refractivity contribution >= 4 is 17.9 Å². The van der Waals surface area contributed by atoms with Crippen LogP contribution in [0.5, 0.6) is 0 Å². The van der Waals surface area contributed by atoms with E-state index in [0.717, 1.165) is 16.1 Å². The second-order valence-electron chi connectivity index (χ2n) is 2.85. The molecule has 1 radical (unpaired) electrons. The van der Waals surface area contributed by atoms with Crippen LogP contribution in [0.25, 0.3) is 0 Å². The molecule has 0 bridgehead atoms. The Labute approximate surface area is 77.4 Å². The lowest BCUT2D eigenvalue weighted by atomic mass is 10.0. The molecule has 0 aliphatic rings. The SMILES string of the molecule is Cc1cc(C(C)[C]=O)ccc1Cl. The molecule has 0 spiro atoms. The highest BCUT2D eigenvalue weighted by molar-refractivity contribution is 6.31. The zero-order valence-electron chi connectivity index (χ0n) is 7.10. The first kappa shape index (κ1) is 9.27. The first-order chi connectivity index (χ1) is 5.65. The number of hydrogen-bond acceptors (Lipinski definition) is 1. The molecule has 0 amide bonds. The van der Waals surface area contributed by atoms with E-state index >= 15 is 0 Å². The first-order valence-electron chi connectivity index (χ1n) is 3.79. The van der Waals surface area contributed by atoms with Crippen molar-refractivity contribution in [3.63, 3.8) is 0 Å². The largest absolute Gasteiger partial charge is 0.290 e. The van der Waals surface area contributed by atoms with Gasteiger partial charge in [-0.05, 0) is 24.1 Å². The van der Waals surface area contributed by atoms with Crippen LogP contribution in [0.15, 0.2) is 18.2 Å².